The number of ether oxygens (including phenoxy) is 1. The van der Waals surface area contributed by atoms with Gasteiger partial charge in [-0.3, -0.25) is 4.79 Å². The second kappa shape index (κ2) is 8.68. The molecule has 8 heteroatoms. The minimum atomic E-state index is -0.347. The number of carbonyl (C=O) groups is 1. The first-order chi connectivity index (χ1) is 13.1. The van der Waals surface area contributed by atoms with Gasteiger partial charge in [0.15, 0.2) is 0 Å². The van der Waals surface area contributed by atoms with Gasteiger partial charge in [0.2, 0.25) is 11.1 Å². The van der Waals surface area contributed by atoms with Crippen molar-refractivity contribution in [2.45, 2.75) is 24.3 Å². The zero-order valence-corrected chi connectivity index (χ0v) is 16.2. The molecule has 1 atom stereocenters. The fourth-order valence-electron chi connectivity index (χ4n) is 2.48. The Bertz CT molecular complexity index is 881. The van der Waals surface area contributed by atoms with Crippen molar-refractivity contribution in [1.82, 2.24) is 20.2 Å². The lowest BCUT2D eigenvalue weighted by molar-refractivity contribution is -0.116. The number of hydrogen-bond donors (Lipinski definition) is 1. The molecule has 1 aromatic heterocycles. The average Bonchev–Trinajstić information content (AvgIpc) is 3.15. The van der Waals surface area contributed by atoms with Crippen LogP contribution >= 0.6 is 11.8 Å². The molecule has 0 aliphatic heterocycles. The highest BCUT2D eigenvalue weighted by molar-refractivity contribution is 8.00. The number of methoxy groups -OCH3 is 1. The molecule has 1 N–H and O–H groups in total. The first-order valence-corrected chi connectivity index (χ1v) is 9.42. The van der Waals surface area contributed by atoms with Crippen LogP contribution in [0.25, 0.3) is 5.69 Å². The number of nitrogens with zero attached hydrogens (tertiary/aromatic N) is 4. The molecule has 0 bridgehead atoms. The number of carbonyl (C=O) groups excluding carboxylic acids is 1. The monoisotopic (exact) mass is 383 g/mol. The summed E-state index contributed by atoms with van der Waals surface area (Å²) in [5.74, 6) is 0.738. The smallest absolute Gasteiger partial charge is 0.238 e. The Balaban J connectivity index is 1.76. The topological polar surface area (TPSA) is 81.9 Å². The number of tetrazole rings is 1. The van der Waals surface area contributed by atoms with E-state index in [0.717, 1.165) is 17.1 Å². The van der Waals surface area contributed by atoms with Gasteiger partial charge in [-0.2, -0.15) is 4.68 Å². The molecular weight excluding hydrogens is 362 g/mol. The maximum absolute atomic E-state index is 12.8. The quantitative estimate of drug-likeness (QED) is 0.630. The number of amides is 1. The van der Waals surface area contributed by atoms with Crippen molar-refractivity contribution in [2.24, 2.45) is 5.92 Å². The van der Waals surface area contributed by atoms with Crippen molar-refractivity contribution >= 4 is 23.4 Å². The van der Waals surface area contributed by atoms with E-state index in [1.165, 1.54) is 11.8 Å². The van der Waals surface area contributed by atoms with Gasteiger partial charge in [0.1, 0.15) is 5.75 Å². The summed E-state index contributed by atoms with van der Waals surface area (Å²) in [6, 6.07) is 16.8. The molecule has 1 unspecified atom stereocenters. The Kier molecular flexibility index (Phi) is 6.08. The van der Waals surface area contributed by atoms with Gasteiger partial charge in [-0.25, -0.2) is 0 Å². The third kappa shape index (κ3) is 4.65. The van der Waals surface area contributed by atoms with Gasteiger partial charge in [-0.15, -0.1) is 5.10 Å². The van der Waals surface area contributed by atoms with Crippen LogP contribution in [0.15, 0.2) is 59.8 Å². The Morgan fingerprint density at radius 3 is 2.44 bits per heavy atom. The highest BCUT2D eigenvalue weighted by atomic mass is 32.2. The molecule has 0 radical (unpaired) electrons. The number of anilines is 1. The predicted octanol–water partition coefficient (Wildman–Crippen LogP) is 3.43. The molecule has 2 aromatic carbocycles. The van der Waals surface area contributed by atoms with Gasteiger partial charge in [0, 0.05) is 5.69 Å². The van der Waals surface area contributed by atoms with Crippen molar-refractivity contribution < 1.29 is 9.53 Å². The van der Waals surface area contributed by atoms with Crippen LogP contribution in [0.2, 0.25) is 0 Å². The first-order valence-electron chi connectivity index (χ1n) is 8.54. The normalized spacial score (nSPS) is 12.0. The van der Waals surface area contributed by atoms with E-state index in [0.29, 0.717) is 5.16 Å². The van der Waals surface area contributed by atoms with E-state index in [4.69, 9.17) is 4.74 Å². The van der Waals surface area contributed by atoms with Crippen LogP contribution in [-0.2, 0) is 4.79 Å². The van der Waals surface area contributed by atoms with Crippen LogP contribution in [0.1, 0.15) is 13.8 Å². The molecule has 140 valence electrons. The SMILES string of the molecule is COc1ccc(NC(=O)C(Sc2nnnn2-c2ccccc2)C(C)C)cc1. The minimum absolute atomic E-state index is 0.0918. The van der Waals surface area contributed by atoms with E-state index in [2.05, 4.69) is 20.8 Å². The minimum Gasteiger partial charge on any atom is -0.497 e. The summed E-state index contributed by atoms with van der Waals surface area (Å²) in [4.78, 5) is 12.8. The zero-order valence-electron chi connectivity index (χ0n) is 15.4. The van der Waals surface area contributed by atoms with Crippen molar-refractivity contribution in [3.63, 3.8) is 0 Å². The maximum Gasteiger partial charge on any atom is 0.238 e. The van der Waals surface area contributed by atoms with Crippen LogP contribution in [0.3, 0.4) is 0 Å². The lowest BCUT2D eigenvalue weighted by Crippen LogP contribution is -2.30. The predicted molar refractivity (Wildman–Crippen MR) is 105 cm³/mol. The van der Waals surface area contributed by atoms with Gasteiger partial charge in [-0.1, -0.05) is 43.8 Å². The average molecular weight is 383 g/mol. The van der Waals surface area contributed by atoms with Gasteiger partial charge in [0.05, 0.1) is 18.0 Å². The van der Waals surface area contributed by atoms with E-state index >= 15 is 0 Å². The number of aromatic nitrogens is 4. The Labute approximate surface area is 162 Å². The number of para-hydroxylation sites is 1. The lowest BCUT2D eigenvalue weighted by atomic mass is 10.1. The molecule has 7 nitrogen and oxygen atoms in total. The molecule has 27 heavy (non-hydrogen) atoms. The lowest BCUT2D eigenvalue weighted by Gasteiger charge is -2.19. The third-order valence-corrected chi connectivity index (χ3v) is 5.37. The number of hydrogen-bond acceptors (Lipinski definition) is 6. The van der Waals surface area contributed by atoms with Gasteiger partial charge >= 0.3 is 0 Å². The Morgan fingerprint density at radius 1 is 1.11 bits per heavy atom. The highest BCUT2D eigenvalue weighted by Crippen LogP contribution is 2.29. The van der Waals surface area contributed by atoms with Crippen LogP contribution in [0.5, 0.6) is 5.75 Å². The van der Waals surface area contributed by atoms with E-state index in [1.54, 1.807) is 11.8 Å². The van der Waals surface area contributed by atoms with Crippen LogP contribution in [0.4, 0.5) is 5.69 Å². The van der Waals surface area contributed by atoms with Gasteiger partial charge < -0.3 is 10.1 Å². The second-order valence-electron chi connectivity index (χ2n) is 6.21. The van der Waals surface area contributed by atoms with E-state index in [1.807, 2.05) is 68.4 Å². The maximum atomic E-state index is 12.8. The first kappa shape index (κ1) is 18.9. The molecule has 0 spiro atoms. The summed E-state index contributed by atoms with van der Waals surface area (Å²) in [5, 5.41) is 15.1. The summed E-state index contributed by atoms with van der Waals surface area (Å²) in [5.41, 5.74) is 1.57. The molecule has 0 saturated carbocycles. The molecule has 1 heterocycles. The Morgan fingerprint density at radius 2 is 1.81 bits per heavy atom. The molecule has 1 amide bonds. The fourth-order valence-corrected chi connectivity index (χ4v) is 3.47. The van der Waals surface area contributed by atoms with Gasteiger partial charge in [-0.05, 0) is 52.7 Å². The highest BCUT2D eigenvalue weighted by Gasteiger charge is 2.26. The number of benzene rings is 2. The molecule has 0 aliphatic rings. The molecule has 0 aliphatic carbocycles. The summed E-state index contributed by atoms with van der Waals surface area (Å²) in [6.07, 6.45) is 0. The van der Waals surface area contributed by atoms with Crippen LogP contribution < -0.4 is 10.1 Å². The molecule has 3 rings (SSSR count). The number of nitrogens with one attached hydrogen (secondary N) is 1. The summed E-state index contributed by atoms with van der Waals surface area (Å²) >= 11 is 1.35. The van der Waals surface area contributed by atoms with E-state index in [-0.39, 0.29) is 17.1 Å². The summed E-state index contributed by atoms with van der Waals surface area (Å²) < 4.78 is 6.78. The summed E-state index contributed by atoms with van der Waals surface area (Å²) in [6.45, 7) is 4.00. The largest absolute Gasteiger partial charge is 0.497 e. The molecular formula is C19H21N5O2S. The van der Waals surface area contributed by atoms with Crippen molar-refractivity contribution in [1.29, 1.82) is 0 Å². The fraction of sp³-hybridized carbons (Fsp3) is 0.263. The number of rotatable bonds is 7. The van der Waals surface area contributed by atoms with Crippen molar-refractivity contribution in [3.05, 3.63) is 54.6 Å². The third-order valence-electron chi connectivity index (χ3n) is 3.90. The van der Waals surface area contributed by atoms with Crippen LogP contribution in [-0.4, -0.2) is 38.5 Å². The standard InChI is InChI=1S/C19H21N5O2S/c1-13(2)17(18(25)20-14-9-11-16(26-3)12-10-14)27-19-21-22-23-24(19)15-7-5-4-6-8-15/h4-13,17H,1-3H3,(H,20,25). The Hall–Kier alpha value is -2.87. The zero-order chi connectivity index (χ0) is 19.2. The van der Waals surface area contributed by atoms with Crippen molar-refractivity contribution in [3.8, 4) is 11.4 Å². The molecule has 0 saturated heterocycles. The summed E-state index contributed by atoms with van der Waals surface area (Å²) in [7, 11) is 1.61. The van der Waals surface area contributed by atoms with E-state index in [9.17, 15) is 4.79 Å². The number of thioether (sulfide) groups is 1. The second-order valence-corrected chi connectivity index (χ2v) is 7.32. The van der Waals surface area contributed by atoms with E-state index < -0.39 is 0 Å². The molecule has 3 aromatic rings. The van der Waals surface area contributed by atoms with Gasteiger partial charge in [0.25, 0.3) is 0 Å². The molecule has 0 fully saturated rings. The van der Waals surface area contributed by atoms with Crippen molar-refractivity contribution in [2.75, 3.05) is 12.4 Å². The van der Waals surface area contributed by atoms with Crippen LogP contribution in [0, 0.1) is 5.92 Å².